The Bertz CT molecular complexity index is 219. The molecule has 2 aliphatic rings. The van der Waals surface area contributed by atoms with Gasteiger partial charge >= 0.3 is 0 Å². The molecular formula is C15H29NO. The van der Waals surface area contributed by atoms with Crippen LogP contribution in [0.15, 0.2) is 0 Å². The number of hydrogen-bond acceptors (Lipinski definition) is 2. The number of likely N-dealkylation sites (tertiary alicyclic amines) is 1. The van der Waals surface area contributed by atoms with Crippen LogP contribution in [0, 0.1) is 5.92 Å². The van der Waals surface area contributed by atoms with Crippen molar-refractivity contribution in [2.75, 3.05) is 13.1 Å². The highest BCUT2D eigenvalue weighted by molar-refractivity contribution is 4.81. The molecule has 2 heteroatoms. The van der Waals surface area contributed by atoms with E-state index in [4.69, 9.17) is 0 Å². The van der Waals surface area contributed by atoms with Crippen molar-refractivity contribution in [2.45, 2.75) is 76.9 Å². The maximum absolute atomic E-state index is 10.2. The first-order chi connectivity index (χ1) is 8.31. The van der Waals surface area contributed by atoms with Crippen molar-refractivity contribution in [1.82, 2.24) is 4.90 Å². The highest BCUT2D eigenvalue weighted by Gasteiger charge is 2.27. The van der Waals surface area contributed by atoms with Crippen molar-refractivity contribution in [2.24, 2.45) is 5.92 Å². The summed E-state index contributed by atoms with van der Waals surface area (Å²) in [4.78, 5) is 2.67. The van der Waals surface area contributed by atoms with Gasteiger partial charge in [-0.3, -0.25) is 0 Å². The van der Waals surface area contributed by atoms with Gasteiger partial charge in [-0.25, -0.2) is 0 Å². The fourth-order valence-corrected chi connectivity index (χ4v) is 3.64. The van der Waals surface area contributed by atoms with Crippen LogP contribution in [0.4, 0.5) is 0 Å². The number of nitrogens with zero attached hydrogens (tertiary/aromatic N) is 1. The summed E-state index contributed by atoms with van der Waals surface area (Å²) in [6.45, 7) is 4.73. The van der Waals surface area contributed by atoms with Crippen molar-refractivity contribution in [1.29, 1.82) is 0 Å². The number of rotatable bonds is 3. The lowest BCUT2D eigenvalue weighted by molar-refractivity contribution is 0.0478. The van der Waals surface area contributed by atoms with Gasteiger partial charge in [0.2, 0.25) is 0 Å². The minimum absolute atomic E-state index is 0.0306. The molecule has 1 heterocycles. The highest BCUT2D eigenvalue weighted by atomic mass is 16.3. The van der Waals surface area contributed by atoms with Crippen LogP contribution in [-0.2, 0) is 0 Å². The highest BCUT2D eigenvalue weighted by Crippen LogP contribution is 2.27. The molecule has 0 amide bonds. The van der Waals surface area contributed by atoms with E-state index in [9.17, 15) is 5.11 Å². The van der Waals surface area contributed by atoms with E-state index < -0.39 is 0 Å². The maximum Gasteiger partial charge on any atom is 0.0580 e. The Morgan fingerprint density at radius 2 is 1.76 bits per heavy atom. The molecule has 1 aliphatic carbocycles. The molecule has 17 heavy (non-hydrogen) atoms. The molecule has 1 saturated carbocycles. The summed E-state index contributed by atoms with van der Waals surface area (Å²) in [5.41, 5.74) is 0. The molecule has 0 radical (unpaired) electrons. The molecule has 100 valence electrons. The molecule has 1 saturated heterocycles. The first kappa shape index (κ1) is 13.4. The Kier molecular flexibility index (Phi) is 5.30. The normalized spacial score (nSPS) is 36.7. The third kappa shape index (κ3) is 3.69. The Morgan fingerprint density at radius 1 is 1.00 bits per heavy atom. The van der Waals surface area contributed by atoms with Crippen LogP contribution >= 0.6 is 0 Å². The first-order valence-corrected chi connectivity index (χ1v) is 7.73. The van der Waals surface area contributed by atoms with E-state index in [0.717, 1.165) is 19.0 Å². The summed E-state index contributed by atoms with van der Waals surface area (Å²) in [7, 11) is 0. The van der Waals surface area contributed by atoms with Gasteiger partial charge in [0.15, 0.2) is 0 Å². The lowest BCUT2D eigenvalue weighted by Crippen LogP contribution is -2.44. The molecule has 3 atom stereocenters. The molecule has 2 nitrogen and oxygen atoms in total. The number of piperidine rings is 1. The van der Waals surface area contributed by atoms with E-state index in [2.05, 4.69) is 11.8 Å². The minimum atomic E-state index is -0.0306. The largest absolute Gasteiger partial charge is 0.393 e. The summed E-state index contributed by atoms with van der Waals surface area (Å²) in [5.74, 6) is 0.546. The third-order valence-electron chi connectivity index (χ3n) is 4.81. The maximum atomic E-state index is 10.2. The van der Waals surface area contributed by atoms with E-state index in [1.54, 1.807) is 0 Å². The predicted molar refractivity (Wildman–Crippen MR) is 72.1 cm³/mol. The summed E-state index contributed by atoms with van der Waals surface area (Å²) < 4.78 is 0. The van der Waals surface area contributed by atoms with Crippen LogP contribution in [0.5, 0.6) is 0 Å². The molecule has 0 aromatic rings. The van der Waals surface area contributed by atoms with Gasteiger partial charge in [0, 0.05) is 12.6 Å². The minimum Gasteiger partial charge on any atom is -0.393 e. The quantitative estimate of drug-likeness (QED) is 0.765. The molecule has 0 aromatic carbocycles. The zero-order valence-corrected chi connectivity index (χ0v) is 11.4. The van der Waals surface area contributed by atoms with E-state index in [1.165, 1.54) is 57.9 Å². The van der Waals surface area contributed by atoms with Gasteiger partial charge in [0.1, 0.15) is 0 Å². The van der Waals surface area contributed by atoms with E-state index in [0.29, 0.717) is 5.92 Å². The fourth-order valence-electron chi connectivity index (χ4n) is 3.64. The molecule has 0 aromatic heterocycles. The first-order valence-electron chi connectivity index (χ1n) is 7.73. The summed E-state index contributed by atoms with van der Waals surface area (Å²) >= 11 is 0. The monoisotopic (exact) mass is 239 g/mol. The standard InChI is InChI=1S/C15H29NO/c1-2-14-9-6-7-11-16(14)12-13-8-4-3-5-10-15(13)17/h13-15,17H,2-12H2,1H3. The summed E-state index contributed by atoms with van der Waals surface area (Å²) in [6.07, 6.45) is 11.6. The Labute approximate surface area is 106 Å². The van der Waals surface area contributed by atoms with E-state index in [1.807, 2.05) is 0 Å². The van der Waals surface area contributed by atoms with Crippen molar-refractivity contribution in [3.63, 3.8) is 0 Å². The topological polar surface area (TPSA) is 23.5 Å². The van der Waals surface area contributed by atoms with Crippen LogP contribution in [0.25, 0.3) is 0 Å². The lowest BCUT2D eigenvalue weighted by atomic mass is 9.93. The van der Waals surface area contributed by atoms with Crippen molar-refractivity contribution in [3.05, 3.63) is 0 Å². The van der Waals surface area contributed by atoms with Gasteiger partial charge in [-0.15, -0.1) is 0 Å². The third-order valence-corrected chi connectivity index (χ3v) is 4.81. The average molecular weight is 239 g/mol. The van der Waals surface area contributed by atoms with Crippen LogP contribution in [0.1, 0.15) is 64.7 Å². The van der Waals surface area contributed by atoms with Crippen LogP contribution < -0.4 is 0 Å². The Morgan fingerprint density at radius 3 is 2.59 bits per heavy atom. The average Bonchev–Trinajstić information content (AvgIpc) is 2.56. The molecule has 2 fully saturated rings. The van der Waals surface area contributed by atoms with Gasteiger partial charge in [-0.2, -0.15) is 0 Å². The number of aliphatic hydroxyl groups excluding tert-OH is 1. The van der Waals surface area contributed by atoms with E-state index >= 15 is 0 Å². The Balaban J connectivity index is 1.88. The smallest absolute Gasteiger partial charge is 0.0580 e. The van der Waals surface area contributed by atoms with Gasteiger partial charge in [0.25, 0.3) is 0 Å². The van der Waals surface area contributed by atoms with Gasteiger partial charge in [-0.05, 0) is 44.6 Å². The van der Waals surface area contributed by atoms with Crippen LogP contribution in [0.3, 0.4) is 0 Å². The van der Waals surface area contributed by atoms with E-state index in [-0.39, 0.29) is 6.10 Å². The van der Waals surface area contributed by atoms with Crippen molar-refractivity contribution in [3.8, 4) is 0 Å². The molecule has 1 aliphatic heterocycles. The lowest BCUT2D eigenvalue weighted by Gasteiger charge is -2.38. The van der Waals surface area contributed by atoms with Crippen LogP contribution in [0.2, 0.25) is 0 Å². The van der Waals surface area contributed by atoms with Gasteiger partial charge in [-0.1, -0.05) is 32.6 Å². The zero-order valence-electron chi connectivity index (χ0n) is 11.4. The molecule has 2 rings (SSSR count). The zero-order chi connectivity index (χ0) is 12.1. The summed E-state index contributed by atoms with van der Waals surface area (Å²) in [5, 5.41) is 10.2. The van der Waals surface area contributed by atoms with Gasteiger partial charge in [0.05, 0.1) is 6.10 Å². The van der Waals surface area contributed by atoms with Gasteiger partial charge < -0.3 is 10.0 Å². The molecule has 1 N–H and O–H groups in total. The second-order valence-corrected chi connectivity index (χ2v) is 6.02. The van der Waals surface area contributed by atoms with Crippen molar-refractivity contribution < 1.29 is 5.11 Å². The second kappa shape index (κ2) is 6.75. The second-order valence-electron chi connectivity index (χ2n) is 6.02. The Hall–Kier alpha value is -0.0800. The molecular weight excluding hydrogens is 210 g/mol. The number of aliphatic hydroxyl groups is 1. The molecule has 0 spiro atoms. The summed E-state index contributed by atoms with van der Waals surface area (Å²) in [6, 6.07) is 0.791. The predicted octanol–water partition coefficient (Wildman–Crippen LogP) is 3.19. The molecule has 3 unspecified atom stereocenters. The SMILES string of the molecule is CCC1CCCCN1CC1CCCCCC1O. The van der Waals surface area contributed by atoms with Crippen LogP contribution in [-0.4, -0.2) is 35.2 Å². The fraction of sp³-hybridized carbons (Fsp3) is 1.00. The number of hydrogen-bond donors (Lipinski definition) is 1. The molecule has 0 bridgehead atoms. The van der Waals surface area contributed by atoms with Crippen molar-refractivity contribution >= 4 is 0 Å².